The van der Waals surface area contributed by atoms with Crippen LogP contribution in [0.15, 0.2) is 199 Å². The van der Waals surface area contributed by atoms with Crippen LogP contribution in [-0.2, 0) is 0 Å². The second kappa shape index (κ2) is 11.9. The monoisotopic (exact) mass is 652 g/mol. The molecule has 2 heterocycles. The molecule has 0 saturated carbocycles. The number of furan rings is 1. The third kappa shape index (κ3) is 4.67. The Morgan fingerprint density at radius 2 is 0.863 bits per heavy atom. The molecule has 0 amide bonds. The summed E-state index contributed by atoms with van der Waals surface area (Å²) in [6.07, 6.45) is 0. The molecule has 0 aliphatic heterocycles. The van der Waals surface area contributed by atoms with Gasteiger partial charge in [0, 0.05) is 27.4 Å². The summed E-state index contributed by atoms with van der Waals surface area (Å²) >= 11 is 0. The van der Waals surface area contributed by atoms with Crippen LogP contribution in [0.3, 0.4) is 0 Å². The molecule has 0 aliphatic rings. The summed E-state index contributed by atoms with van der Waals surface area (Å²) in [6.45, 7) is 0. The number of hydrogen-bond donors (Lipinski definition) is 0. The van der Waals surface area contributed by atoms with Gasteiger partial charge in [-0.25, -0.2) is 0 Å². The molecular weight excluding hydrogens is 621 g/mol. The predicted octanol–water partition coefficient (Wildman–Crippen LogP) is 13.5. The van der Waals surface area contributed by atoms with Gasteiger partial charge >= 0.3 is 0 Å². The lowest BCUT2D eigenvalue weighted by Crippen LogP contribution is -2.12. The average molecular weight is 653 g/mol. The summed E-state index contributed by atoms with van der Waals surface area (Å²) in [7, 11) is 0. The molecule has 10 aromatic rings. The third-order valence-corrected chi connectivity index (χ3v) is 9.99. The maximum atomic E-state index is 6.50. The lowest BCUT2D eigenvalue weighted by Gasteiger charge is -2.29. The number of rotatable bonds is 6. The highest BCUT2D eigenvalue weighted by Gasteiger charge is 2.26. The van der Waals surface area contributed by atoms with Gasteiger partial charge in [-0.3, -0.25) is 0 Å². The number of fused-ring (bicyclic) bond motifs is 6. The van der Waals surface area contributed by atoms with Gasteiger partial charge in [-0.05, 0) is 71.3 Å². The normalized spacial score (nSPS) is 11.5. The summed E-state index contributed by atoms with van der Waals surface area (Å²) in [5, 5.41) is 4.57. The van der Waals surface area contributed by atoms with Crippen molar-refractivity contribution in [1.29, 1.82) is 0 Å². The fourth-order valence-corrected chi connectivity index (χ4v) is 7.85. The molecule has 10 rings (SSSR count). The highest BCUT2D eigenvalue weighted by atomic mass is 16.3. The quantitative estimate of drug-likeness (QED) is 0.178. The van der Waals surface area contributed by atoms with Gasteiger partial charge in [0.25, 0.3) is 0 Å². The lowest BCUT2D eigenvalue weighted by atomic mass is 9.97. The molecule has 0 atom stereocenters. The molecule has 0 spiro atoms. The standard InChI is InChI=1S/C48H32N2O/c1-4-17-33(18-5-1)36-23-10-12-26-39(36)50(40-30-16-32-45-46(40)38-24-11-13-31-44(38)51-45)43-29-15-28-42-48(43)47-37(34-19-6-2-7-20-34)25-14-27-41(47)49(42)35-21-8-3-9-22-35/h1-32H. The topological polar surface area (TPSA) is 21.3 Å². The second-order valence-electron chi connectivity index (χ2n) is 12.9. The van der Waals surface area contributed by atoms with E-state index in [2.05, 4.69) is 198 Å². The van der Waals surface area contributed by atoms with E-state index in [9.17, 15) is 0 Å². The van der Waals surface area contributed by atoms with Gasteiger partial charge in [-0.1, -0.05) is 140 Å². The van der Waals surface area contributed by atoms with Gasteiger partial charge in [0.1, 0.15) is 11.2 Å². The van der Waals surface area contributed by atoms with Crippen molar-refractivity contribution in [3.63, 3.8) is 0 Å². The molecule has 51 heavy (non-hydrogen) atoms. The van der Waals surface area contributed by atoms with Gasteiger partial charge in [0.15, 0.2) is 0 Å². The molecule has 0 fully saturated rings. The van der Waals surface area contributed by atoms with Crippen molar-refractivity contribution in [3.8, 4) is 27.9 Å². The van der Waals surface area contributed by atoms with Crippen LogP contribution in [0.2, 0.25) is 0 Å². The van der Waals surface area contributed by atoms with Gasteiger partial charge in [0.2, 0.25) is 0 Å². The zero-order chi connectivity index (χ0) is 33.7. The van der Waals surface area contributed by atoms with E-state index < -0.39 is 0 Å². The van der Waals surface area contributed by atoms with Crippen molar-refractivity contribution >= 4 is 60.8 Å². The number of aromatic nitrogens is 1. The molecule has 0 N–H and O–H groups in total. The van der Waals surface area contributed by atoms with Gasteiger partial charge in [0.05, 0.1) is 33.5 Å². The molecule has 0 unspecified atom stereocenters. The zero-order valence-corrected chi connectivity index (χ0v) is 27.8. The Morgan fingerprint density at radius 3 is 1.63 bits per heavy atom. The minimum atomic E-state index is 0.861. The van der Waals surface area contributed by atoms with Crippen LogP contribution in [0.4, 0.5) is 17.1 Å². The van der Waals surface area contributed by atoms with E-state index in [0.29, 0.717) is 0 Å². The first-order valence-corrected chi connectivity index (χ1v) is 17.4. The Hall–Kier alpha value is -6.84. The molecule has 2 aromatic heterocycles. The first-order valence-electron chi connectivity index (χ1n) is 17.4. The molecular formula is C48H32N2O. The van der Waals surface area contributed by atoms with Crippen LogP contribution in [0.5, 0.6) is 0 Å². The van der Waals surface area contributed by atoms with E-state index in [4.69, 9.17) is 4.42 Å². The van der Waals surface area contributed by atoms with E-state index >= 15 is 0 Å². The number of nitrogens with zero attached hydrogens (tertiary/aromatic N) is 2. The number of anilines is 3. The van der Waals surface area contributed by atoms with Crippen LogP contribution < -0.4 is 4.90 Å². The highest BCUT2D eigenvalue weighted by molar-refractivity contribution is 6.23. The number of hydrogen-bond acceptors (Lipinski definition) is 2. The molecule has 8 aromatic carbocycles. The minimum absolute atomic E-state index is 0.861. The molecule has 3 heteroatoms. The smallest absolute Gasteiger partial charge is 0.137 e. The Kier molecular flexibility index (Phi) is 6.81. The summed E-state index contributed by atoms with van der Waals surface area (Å²) < 4.78 is 8.91. The van der Waals surface area contributed by atoms with Crippen LogP contribution in [0, 0.1) is 0 Å². The maximum absolute atomic E-state index is 6.50. The molecule has 0 aliphatic carbocycles. The summed E-state index contributed by atoms with van der Waals surface area (Å²) in [5.74, 6) is 0. The van der Waals surface area contributed by atoms with E-state index in [1.165, 1.54) is 21.9 Å². The minimum Gasteiger partial charge on any atom is -0.456 e. The van der Waals surface area contributed by atoms with E-state index in [-0.39, 0.29) is 0 Å². The van der Waals surface area contributed by atoms with Crippen LogP contribution >= 0.6 is 0 Å². The number of benzene rings is 8. The summed E-state index contributed by atoms with van der Waals surface area (Å²) in [4.78, 5) is 2.46. The van der Waals surface area contributed by atoms with E-state index in [0.717, 1.165) is 66.8 Å². The van der Waals surface area contributed by atoms with Gasteiger partial charge in [-0.2, -0.15) is 0 Å². The Labute approximate surface area is 295 Å². The Bertz CT molecular complexity index is 2850. The highest BCUT2D eigenvalue weighted by Crippen LogP contribution is 2.50. The first-order chi connectivity index (χ1) is 25.3. The largest absolute Gasteiger partial charge is 0.456 e. The van der Waals surface area contributed by atoms with Crippen molar-refractivity contribution in [2.45, 2.75) is 0 Å². The Morgan fingerprint density at radius 1 is 0.353 bits per heavy atom. The van der Waals surface area contributed by atoms with Crippen molar-refractivity contribution in [2.75, 3.05) is 4.90 Å². The van der Waals surface area contributed by atoms with Crippen LogP contribution in [-0.4, -0.2) is 4.57 Å². The fraction of sp³-hybridized carbons (Fsp3) is 0. The van der Waals surface area contributed by atoms with Crippen molar-refractivity contribution in [1.82, 2.24) is 4.57 Å². The van der Waals surface area contributed by atoms with Crippen LogP contribution in [0.25, 0.3) is 71.7 Å². The first kappa shape index (κ1) is 29.1. The molecule has 0 saturated heterocycles. The third-order valence-electron chi connectivity index (χ3n) is 9.99. The predicted molar refractivity (Wildman–Crippen MR) is 214 cm³/mol. The summed E-state index contributed by atoms with van der Waals surface area (Å²) in [5.41, 5.74) is 13.1. The van der Waals surface area contributed by atoms with E-state index in [1.807, 2.05) is 6.07 Å². The van der Waals surface area contributed by atoms with Crippen LogP contribution in [0.1, 0.15) is 0 Å². The Balaban J connectivity index is 1.39. The number of para-hydroxylation sites is 3. The van der Waals surface area contributed by atoms with Crippen molar-refractivity contribution in [3.05, 3.63) is 194 Å². The maximum Gasteiger partial charge on any atom is 0.137 e. The second-order valence-corrected chi connectivity index (χ2v) is 12.9. The van der Waals surface area contributed by atoms with Crippen molar-refractivity contribution < 1.29 is 4.42 Å². The molecule has 3 nitrogen and oxygen atoms in total. The molecule has 240 valence electrons. The van der Waals surface area contributed by atoms with E-state index in [1.54, 1.807) is 0 Å². The SMILES string of the molecule is c1ccc(-c2ccccc2N(c2cccc3oc4ccccc4c23)c2cccc3c2c2c(-c4ccccc4)cccc2n3-c2ccccc2)cc1. The van der Waals surface area contributed by atoms with Gasteiger partial charge in [-0.15, -0.1) is 0 Å². The van der Waals surface area contributed by atoms with Crippen molar-refractivity contribution in [2.24, 2.45) is 0 Å². The van der Waals surface area contributed by atoms with Gasteiger partial charge < -0.3 is 13.9 Å². The fourth-order valence-electron chi connectivity index (χ4n) is 7.85. The summed E-state index contributed by atoms with van der Waals surface area (Å²) in [6, 6.07) is 69.1. The zero-order valence-electron chi connectivity index (χ0n) is 27.8. The molecule has 0 bridgehead atoms. The molecule has 0 radical (unpaired) electrons. The average Bonchev–Trinajstić information content (AvgIpc) is 3.76. The lowest BCUT2D eigenvalue weighted by molar-refractivity contribution is 0.669.